The molecule has 1 rings (SSSR count). The standard InChI is InChI=1S/C5H8N4O2.ClH/c1-2-11-4(10)3-7-5(6)9-8-3;/h2H2,1H3,(H3,6,7,8,9);1H. The second-order valence-corrected chi connectivity index (χ2v) is 1.78. The predicted molar refractivity (Wildman–Crippen MR) is 44.0 cm³/mol. The van der Waals surface area contributed by atoms with E-state index < -0.39 is 5.97 Å². The third-order valence-electron chi connectivity index (χ3n) is 0.973. The van der Waals surface area contributed by atoms with E-state index in [-0.39, 0.29) is 24.2 Å². The zero-order valence-corrected chi connectivity index (χ0v) is 7.22. The molecule has 0 saturated heterocycles. The highest BCUT2D eigenvalue weighted by molar-refractivity contribution is 5.85. The Kier molecular flexibility index (Phi) is 4.06. The molecule has 1 heterocycles. The van der Waals surface area contributed by atoms with Crippen molar-refractivity contribution < 1.29 is 9.53 Å². The van der Waals surface area contributed by atoms with E-state index in [0.717, 1.165) is 0 Å². The lowest BCUT2D eigenvalue weighted by Crippen LogP contribution is -2.06. The number of aromatic amines is 1. The number of hydrogen-bond acceptors (Lipinski definition) is 5. The number of nitrogen functional groups attached to an aromatic ring is 1. The molecular formula is C5H9ClN4O2. The van der Waals surface area contributed by atoms with Crippen LogP contribution in [-0.2, 0) is 4.74 Å². The van der Waals surface area contributed by atoms with Crippen molar-refractivity contribution in [2.45, 2.75) is 6.92 Å². The summed E-state index contributed by atoms with van der Waals surface area (Å²) in [5, 5.41) is 6.82. The molecule has 0 aromatic carbocycles. The molecule has 0 unspecified atom stereocenters. The molecule has 0 spiro atoms. The summed E-state index contributed by atoms with van der Waals surface area (Å²) < 4.78 is 4.61. The number of carbonyl (C=O) groups excluding carboxylic acids is 1. The first-order valence-corrected chi connectivity index (χ1v) is 3.09. The smallest absolute Gasteiger partial charge is 0.376 e. The lowest BCUT2D eigenvalue weighted by Gasteiger charge is -1.94. The Labute approximate surface area is 74.9 Å². The first-order chi connectivity index (χ1) is 5.24. The molecule has 0 aliphatic heterocycles. The van der Waals surface area contributed by atoms with Crippen LogP contribution in [0.25, 0.3) is 0 Å². The average Bonchev–Trinajstić information content (AvgIpc) is 2.36. The summed E-state index contributed by atoms with van der Waals surface area (Å²) in [5.41, 5.74) is 5.18. The van der Waals surface area contributed by atoms with Crippen LogP contribution in [0.3, 0.4) is 0 Å². The number of nitrogens with two attached hydrogens (primary N) is 1. The maximum Gasteiger partial charge on any atom is 0.376 e. The lowest BCUT2D eigenvalue weighted by molar-refractivity contribution is 0.0512. The molecule has 0 aliphatic rings. The Morgan fingerprint density at radius 1 is 1.67 bits per heavy atom. The van der Waals surface area contributed by atoms with Gasteiger partial charge in [0.1, 0.15) is 0 Å². The van der Waals surface area contributed by atoms with E-state index in [4.69, 9.17) is 5.73 Å². The van der Waals surface area contributed by atoms with Crippen molar-refractivity contribution in [1.82, 2.24) is 15.2 Å². The summed E-state index contributed by atoms with van der Waals surface area (Å²) in [6, 6.07) is 0. The highest BCUT2D eigenvalue weighted by Crippen LogP contribution is 1.94. The van der Waals surface area contributed by atoms with Crippen molar-refractivity contribution in [1.29, 1.82) is 0 Å². The number of carbonyl (C=O) groups is 1. The Morgan fingerprint density at radius 3 is 2.75 bits per heavy atom. The largest absolute Gasteiger partial charge is 0.460 e. The van der Waals surface area contributed by atoms with Gasteiger partial charge < -0.3 is 15.5 Å². The van der Waals surface area contributed by atoms with Gasteiger partial charge in [0.25, 0.3) is 0 Å². The van der Waals surface area contributed by atoms with Gasteiger partial charge in [0.2, 0.25) is 11.8 Å². The normalized spacial score (nSPS) is 8.75. The SMILES string of the molecule is CCOC(=O)c1nnc(N)[nH]1.Cl. The van der Waals surface area contributed by atoms with E-state index in [0.29, 0.717) is 6.61 Å². The number of H-pyrrole nitrogens is 1. The quantitative estimate of drug-likeness (QED) is 0.643. The van der Waals surface area contributed by atoms with E-state index in [2.05, 4.69) is 19.9 Å². The van der Waals surface area contributed by atoms with Crippen LogP contribution in [0.4, 0.5) is 5.95 Å². The molecular weight excluding hydrogens is 184 g/mol. The number of esters is 1. The molecule has 0 atom stereocenters. The zero-order chi connectivity index (χ0) is 8.27. The maximum absolute atomic E-state index is 10.8. The number of hydrogen-bond donors (Lipinski definition) is 2. The van der Waals surface area contributed by atoms with Crippen molar-refractivity contribution >= 4 is 24.3 Å². The summed E-state index contributed by atoms with van der Waals surface area (Å²) >= 11 is 0. The first kappa shape index (κ1) is 10.7. The highest BCUT2D eigenvalue weighted by Gasteiger charge is 2.10. The Bertz CT molecular complexity index is 262. The van der Waals surface area contributed by atoms with E-state index in [1.165, 1.54) is 0 Å². The summed E-state index contributed by atoms with van der Waals surface area (Å²) in [6.45, 7) is 2.01. The van der Waals surface area contributed by atoms with Gasteiger partial charge in [0.05, 0.1) is 6.61 Å². The lowest BCUT2D eigenvalue weighted by atomic mass is 10.6. The minimum atomic E-state index is -0.545. The molecule has 0 bridgehead atoms. The second kappa shape index (κ2) is 4.55. The van der Waals surface area contributed by atoms with Crippen molar-refractivity contribution in [3.05, 3.63) is 5.82 Å². The van der Waals surface area contributed by atoms with Crippen LogP contribution in [-0.4, -0.2) is 27.8 Å². The van der Waals surface area contributed by atoms with Crippen LogP contribution >= 0.6 is 12.4 Å². The van der Waals surface area contributed by atoms with Crippen molar-refractivity contribution in [3.8, 4) is 0 Å². The number of nitrogens with one attached hydrogen (secondary N) is 1. The van der Waals surface area contributed by atoms with Gasteiger partial charge in [0, 0.05) is 0 Å². The van der Waals surface area contributed by atoms with Crippen LogP contribution in [0.5, 0.6) is 0 Å². The molecule has 1 aromatic rings. The van der Waals surface area contributed by atoms with Gasteiger partial charge >= 0.3 is 5.97 Å². The first-order valence-electron chi connectivity index (χ1n) is 3.09. The number of rotatable bonds is 2. The maximum atomic E-state index is 10.8. The summed E-state index contributed by atoms with van der Waals surface area (Å²) in [4.78, 5) is 13.3. The summed E-state index contributed by atoms with van der Waals surface area (Å²) in [5.74, 6) is -0.408. The number of halogens is 1. The topological polar surface area (TPSA) is 93.9 Å². The fraction of sp³-hybridized carbons (Fsp3) is 0.400. The fourth-order valence-corrected chi connectivity index (χ4v) is 0.566. The molecule has 0 fully saturated rings. The average molecular weight is 193 g/mol. The van der Waals surface area contributed by atoms with Gasteiger partial charge in [-0.1, -0.05) is 0 Å². The van der Waals surface area contributed by atoms with Crippen LogP contribution in [0, 0.1) is 0 Å². The molecule has 0 aliphatic carbocycles. The number of ether oxygens (including phenoxy) is 1. The number of anilines is 1. The van der Waals surface area contributed by atoms with Gasteiger partial charge in [-0.3, -0.25) is 0 Å². The van der Waals surface area contributed by atoms with Crippen molar-refractivity contribution in [3.63, 3.8) is 0 Å². The molecule has 0 saturated carbocycles. The minimum Gasteiger partial charge on any atom is -0.460 e. The molecule has 12 heavy (non-hydrogen) atoms. The highest BCUT2D eigenvalue weighted by atomic mass is 35.5. The zero-order valence-electron chi connectivity index (χ0n) is 6.40. The molecule has 68 valence electrons. The van der Waals surface area contributed by atoms with E-state index in [9.17, 15) is 4.79 Å². The third-order valence-corrected chi connectivity index (χ3v) is 0.973. The van der Waals surface area contributed by atoms with E-state index >= 15 is 0 Å². The van der Waals surface area contributed by atoms with E-state index in [1.807, 2.05) is 0 Å². The molecule has 0 amide bonds. The van der Waals surface area contributed by atoms with Crippen molar-refractivity contribution in [2.24, 2.45) is 0 Å². The number of aromatic nitrogens is 3. The Balaban J connectivity index is 0.00000121. The molecule has 1 aromatic heterocycles. The van der Waals surface area contributed by atoms with Gasteiger partial charge in [0.15, 0.2) is 0 Å². The van der Waals surface area contributed by atoms with E-state index in [1.54, 1.807) is 6.92 Å². The fourth-order valence-electron chi connectivity index (χ4n) is 0.566. The molecule has 6 nitrogen and oxygen atoms in total. The van der Waals surface area contributed by atoms with Crippen LogP contribution in [0.15, 0.2) is 0 Å². The minimum absolute atomic E-state index is 0. The van der Waals surface area contributed by atoms with Crippen LogP contribution in [0.2, 0.25) is 0 Å². The third kappa shape index (κ3) is 2.39. The Hall–Kier alpha value is -1.30. The van der Waals surface area contributed by atoms with Gasteiger partial charge in [-0.2, -0.15) is 0 Å². The monoisotopic (exact) mass is 192 g/mol. The summed E-state index contributed by atoms with van der Waals surface area (Å²) in [6.07, 6.45) is 0. The molecule has 3 N–H and O–H groups in total. The van der Waals surface area contributed by atoms with Gasteiger partial charge in [-0.05, 0) is 6.92 Å². The predicted octanol–water partition coefficient (Wildman–Crippen LogP) is -0.0146. The van der Waals surface area contributed by atoms with Gasteiger partial charge in [-0.25, -0.2) is 4.79 Å². The second-order valence-electron chi connectivity index (χ2n) is 1.78. The summed E-state index contributed by atoms with van der Waals surface area (Å²) in [7, 11) is 0. The molecule has 7 heteroatoms. The van der Waals surface area contributed by atoms with Crippen LogP contribution < -0.4 is 5.73 Å². The van der Waals surface area contributed by atoms with Crippen molar-refractivity contribution in [2.75, 3.05) is 12.3 Å². The molecule has 0 radical (unpaired) electrons. The van der Waals surface area contributed by atoms with Crippen LogP contribution in [0.1, 0.15) is 17.5 Å². The Morgan fingerprint density at radius 2 is 2.33 bits per heavy atom. The van der Waals surface area contributed by atoms with Gasteiger partial charge in [-0.15, -0.1) is 22.6 Å². The number of nitrogens with zero attached hydrogens (tertiary/aromatic N) is 2.